The molecule has 3 aromatic heterocycles. The molecule has 0 aliphatic heterocycles. The summed E-state index contributed by atoms with van der Waals surface area (Å²) in [6.07, 6.45) is 5.83. The standard InChI is InChI=1S/C18H22N4O2.C3H3NS.C2H6/c1-12(23)4-7-17(24)14-5-6-16-15(10-14)20-18(21(16)3)11-22-9-8-19-13(22)2;1-2-5-3-4-1;1-2/h5-6,8-10,12,23H,4,7,11H2,1-3H3;1-3H;1-2H3. The molecule has 31 heavy (non-hydrogen) atoms. The van der Waals surface area contributed by atoms with Crippen molar-refractivity contribution in [1.82, 2.24) is 24.1 Å². The maximum Gasteiger partial charge on any atom is 0.163 e. The molecule has 0 aliphatic carbocycles. The summed E-state index contributed by atoms with van der Waals surface area (Å²) in [7, 11) is 1.98. The summed E-state index contributed by atoms with van der Waals surface area (Å²) in [5.41, 5.74) is 4.25. The van der Waals surface area contributed by atoms with E-state index in [0.29, 0.717) is 24.9 Å². The molecule has 1 unspecified atom stereocenters. The number of ketones is 1. The van der Waals surface area contributed by atoms with Crippen molar-refractivity contribution in [3.63, 3.8) is 0 Å². The number of thiazole rings is 1. The lowest BCUT2D eigenvalue weighted by Gasteiger charge is -2.05. The molecule has 4 rings (SSSR count). The number of rotatable bonds is 6. The molecule has 4 aromatic rings. The molecule has 0 aliphatic rings. The Morgan fingerprint density at radius 3 is 2.58 bits per heavy atom. The topological polar surface area (TPSA) is 85.8 Å². The second-order valence-electron chi connectivity index (χ2n) is 6.88. The Labute approximate surface area is 187 Å². The van der Waals surface area contributed by atoms with Crippen molar-refractivity contribution < 1.29 is 9.90 Å². The number of aromatic nitrogens is 5. The number of carbonyl (C=O) groups is 1. The fourth-order valence-electron chi connectivity index (χ4n) is 2.95. The largest absolute Gasteiger partial charge is 0.393 e. The zero-order valence-corrected chi connectivity index (χ0v) is 19.6. The Morgan fingerprint density at radius 2 is 2.03 bits per heavy atom. The first kappa shape index (κ1) is 24.4. The smallest absolute Gasteiger partial charge is 0.163 e. The number of aryl methyl sites for hydroxylation is 2. The third-order valence-corrected chi connectivity index (χ3v) is 5.19. The van der Waals surface area contributed by atoms with Gasteiger partial charge in [0.1, 0.15) is 11.6 Å². The lowest BCUT2D eigenvalue weighted by atomic mass is 10.0. The van der Waals surface area contributed by atoms with Crippen LogP contribution in [-0.4, -0.2) is 41.1 Å². The summed E-state index contributed by atoms with van der Waals surface area (Å²) >= 11 is 1.60. The molecule has 0 radical (unpaired) electrons. The molecule has 0 fully saturated rings. The van der Waals surface area contributed by atoms with Crippen LogP contribution in [0.5, 0.6) is 0 Å². The molecule has 0 saturated carbocycles. The molecule has 0 saturated heterocycles. The normalized spacial score (nSPS) is 11.3. The van der Waals surface area contributed by atoms with E-state index in [2.05, 4.69) is 15.0 Å². The maximum absolute atomic E-state index is 12.2. The van der Waals surface area contributed by atoms with Crippen molar-refractivity contribution in [2.24, 2.45) is 7.05 Å². The summed E-state index contributed by atoms with van der Waals surface area (Å²) in [5.74, 6) is 1.89. The number of carbonyl (C=O) groups excluding carboxylic acids is 1. The van der Waals surface area contributed by atoms with Crippen LogP contribution in [0.4, 0.5) is 0 Å². The van der Waals surface area contributed by atoms with E-state index < -0.39 is 6.10 Å². The van der Waals surface area contributed by atoms with Crippen LogP contribution in [0, 0.1) is 6.92 Å². The number of benzene rings is 1. The predicted molar refractivity (Wildman–Crippen MR) is 125 cm³/mol. The Balaban J connectivity index is 0.000000420. The minimum atomic E-state index is -0.461. The highest BCUT2D eigenvalue weighted by Gasteiger charge is 2.13. The van der Waals surface area contributed by atoms with E-state index >= 15 is 0 Å². The molecule has 7 nitrogen and oxygen atoms in total. The number of fused-ring (bicyclic) bond motifs is 1. The van der Waals surface area contributed by atoms with Gasteiger partial charge in [-0.3, -0.25) is 9.78 Å². The van der Waals surface area contributed by atoms with Crippen molar-refractivity contribution in [3.8, 4) is 0 Å². The number of nitrogens with zero attached hydrogens (tertiary/aromatic N) is 5. The van der Waals surface area contributed by atoms with E-state index in [9.17, 15) is 9.90 Å². The molecule has 166 valence electrons. The summed E-state index contributed by atoms with van der Waals surface area (Å²) in [4.78, 5) is 24.9. The number of hydrogen-bond donors (Lipinski definition) is 1. The van der Waals surface area contributed by atoms with Gasteiger partial charge in [-0.15, -0.1) is 11.3 Å². The number of hydrogen-bond acceptors (Lipinski definition) is 6. The molecular formula is C23H31N5O2S. The number of aliphatic hydroxyl groups excluding tert-OH is 1. The van der Waals surface area contributed by atoms with Crippen molar-refractivity contribution in [2.75, 3.05) is 0 Å². The van der Waals surface area contributed by atoms with Crippen molar-refractivity contribution >= 4 is 28.2 Å². The molecule has 3 heterocycles. The van der Waals surface area contributed by atoms with Gasteiger partial charge in [0.15, 0.2) is 5.78 Å². The maximum atomic E-state index is 12.2. The van der Waals surface area contributed by atoms with Crippen molar-refractivity contribution in [3.05, 3.63) is 64.9 Å². The van der Waals surface area contributed by atoms with E-state index in [1.165, 1.54) is 0 Å². The second-order valence-corrected chi connectivity index (χ2v) is 7.63. The Bertz CT molecular complexity index is 1050. The van der Waals surface area contributed by atoms with Crippen LogP contribution in [0.2, 0.25) is 0 Å². The third kappa shape index (κ3) is 6.83. The first-order valence-electron chi connectivity index (χ1n) is 10.4. The van der Waals surface area contributed by atoms with Gasteiger partial charge in [0, 0.05) is 43.0 Å². The third-order valence-electron chi connectivity index (χ3n) is 4.67. The van der Waals surface area contributed by atoms with Crippen LogP contribution in [0.1, 0.15) is 55.6 Å². The van der Waals surface area contributed by atoms with Crippen molar-refractivity contribution in [1.29, 1.82) is 0 Å². The SMILES string of the molecule is CC.Cc1nccn1Cc1nc2cc(C(=O)CCC(C)O)ccc2n1C.c1cscn1. The molecule has 1 atom stereocenters. The first-order valence-corrected chi connectivity index (χ1v) is 11.4. The fraction of sp³-hybridized carbons (Fsp3) is 0.391. The zero-order valence-electron chi connectivity index (χ0n) is 18.8. The van der Waals surface area contributed by atoms with Gasteiger partial charge in [0.05, 0.1) is 29.2 Å². The van der Waals surface area contributed by atoms with Crippen LogP contribution in [0.25, 0.3) is 11.0 Å². The molecule has 0 bridgehead atoms. The van der Waals surface area contributed by atoms with E-state index in [4.69, 9.17) is 0 Å². The van der Waals surface area contributed by atoms with Gasteiger partial charge in [-0.1, -0.05) is 13.8 Å². The lowest BCUT2D eigenvalue weighted by Crippen LogP contribution is -2.06. The minimum Gasteiger partial charge on any atom is -0.393 e. The quantitative estimate of drug-likeness (QED) is 0.441. The van der Waals surface area contributed by atoms with Gasteiger partial charge in [0.25, 0.3) is 0 Å². The van der Waals surface area contributed by atoms with Crippen molar-refractivity contribution in [2.45, 2.75) is 53.2 Å². The van der Waals surface area contributed by atoms with Gasteiger partial charge >= 0.3 is 0 Å². The fourth-order valence-corrected chi connectivity index (χ4v) is 3.30. The van der Waals surface area contributed by atoms with Crippen LogP contribution >= 0.6 is 11.3 Å². The number of imidazole rings is 2. The highest BCUT2D eigenvalue weighted by Crippen LogP contribution is 2.19. The van der Waals surface area contributed by atoms with Gasteiger partial charge in [-0.2, -0.15) is 0 Å². The molecule has 1 aromatic carbocycles. The lowest BCUT2D eigenvalue weighted by molar-refractivity contribution is 0.0949. The van der Waals surface area contributed by atoms with E-state index in [1.807, 2.05) is 66.7 Å². The predicted octanol–water partition coefficient (Wildman–Crippen LogP) is 4.64. The summed E-state index contributed by atoms with van der Waals surface area (Å²) < 4.78 is 4.08. The monoisotopic (exact) mass is 441 g/mol. The van der Waals surface area contributed by atoms with Crippen LogP contribution in [0.15, 0.2) is 47.7 Å². The molecule has 1 N–H and O–H groups in total. The summed E-state index contributed by atoms with van der Waals surface area (Å²) in [6.45, 7) is 8.30. The molecule has 0 amide bonds. The van der Waals surface area contributed by atoms with Crippen LogP contribution in [-0.2, 0) is 13.6 Å². The van der Waals surface area contributed by atoms with Gasteiger partial charge in [-0.05, 0) is 38.5 Å². The van der Waals surface area contributed by atoms with Gasteiger partial charge in [0.2, 0.25) is 0 Å². The summed E-state index contributed by atoms with van der Waals surface area (Å²) in [5, 5.41) is 11.3. The molecule has 8 heteroatoms. The summed E-state index contributed by atoms with van der Waals surface area (Å²) in [6, 6.07) is 5.60. The highest BCUT2D eigenvalue weighted by molar-refractivity contribution is 7.07. The van der Waals surface area contributed by atoms with E-state index in [-0.39, 0.29) is 5.78 Å². The Hall–Kier alpha value is -2.84. The number of Topliss-reactive ketones (excluding diaryl/α,β-unsaturated/α-hetero) is 1. The van der Waals surface area contributed by atoms with Gasteiger partial charge in [-0.25, -0.2) is 9.97 Å². The second kappa shape index (κ2) is 12.1. The Morgan fingerprint density at radius 1 is 1.26 bits per heavy atom. The average Bonchev–Trinajstić information content (AvgIpc) is 3.53. The molecule has 0 spiro atoms. The highest BCUT2D eigenvalue weighted by atomic mass is 32.1. The van der Waals surface area contributed by atoms with E-state index in [0.717, 1.165) is 22.7 Å². The van der Waals surface area contributed by atoms with Gasteiger partial charge < -0.3 is 14.2 Å². The van der Waals surface area contributed by atoms with Crippen LogP contribution < -0.4 is 0 Å². The minimum absolute atomic E-state index is 0.0375. The molecular weight excluding hydrogens is 410 g/mol. The van der Waals surface area contributed by atoms with Crippen LogP contribution in [0.3, 0.4) is 0 Å². The van der Waals surface area contributed by atoms with E-state index in [1.54, 1.807) is 36.2 Å². The first-order chi connectivity index (χ1) is 15.0. The number of aliphatic hydroxyl groups is 1. The average molecular weight is 442 g/mol. The Kier molecular flexibility index (Phi) is 9.55. The zero-order chi connectivity index (χ0) is 22.8.